The second-order valence-electron chi connectivity index (χ2n) is 7.31. The number of hydrogen-bond acceptors (Lipinski definition) is 3. The number of rotatable bonds is 5. The molecule has 0 aliphatic carbocycles. The molecule has 8 heteroatoms. The highest BCUT2D eigenvalue weighted by molar-refractivity contribution is 6.39. The van der Waals surface area contributed by atoms with Crippen LogP contribution in [0.5, 0.6) is 0 Å². The lowest BCUT2D eigenvalue weighted by Gasteiger charge is -2.26. The number of H-pyrrole nitrogens is 1. The quantitative estimate of drug-likeness (QED) is 0.588. The Morgan fingerprint density at radius 3 is 2.37 bits per heavy atom. The van der Waals surface area contributed by atoms with Gasteiger partial charge < -0.3 is 4.98 Å². The molecule has 2 aromatic carbocycles. The zero-order valence-electron chi connectivity index (χ0n) is 16.1. The third-order valence-electron chi connectivity index (χ3n) is 5.40. The van der Waals surface area contributed by atoms with Gasteiger partial charge in [0.25, 0.3) is 5.56 Å². The van der Waals surface area contributed by atoms with Crippen molar-refractivity contribution in [2.24, 2.45) is 0 Å². The van der Waals surface area contributed by atoms with Crippen LogP contribution in [0.1, 0.15) is 18.4 Å². The van der Waals surface area contributed by atoms with Crippen LogP contribution in [0, 0.1) is 0 Å². The van der Waals surface area contributed by atoms with Gasteiger partial charge in [0.2, 0.25) is 0 Å². The molecule has 0 saturated heterocycles. The minimum atomic E-state index is -0.472. The van der Waals surface area contributed by atoms with Crippen LogP contribution in [0.25, 0.3) is 16.5 Å². The number of aromatic amines is 1. The Morgan fingerprint density at radius 2 is 1.67 bits per heavy atom. The van der Waals surface area contributed by atoms with E-state index in [0.717, 1.165) is 31.1 Å². The molecule has 0 radical (unpaired) electrons. The summed E-state index contributed by atoms with van der Waals surface area (Å²) in [5.74, 6) is 0. The minimum Gasteiger partial charge on any atom is -0.305 e. The van der Waals surface area contributed by atoms with E-state index in [1.807, 2.05) is 24.3 Å². The minimum absolute atomic E-state index is 0.247. The van der Waals surface area contributed by atoms with Crippen molar-refractivity contribution in [1.82, 2.24) is 14.5 Å². The maximum Gasteiger partial charge on any atom is 0.328 e. The number of nitrogens with one attached hydrogen (secondary N) is 1. The van der Waals surface area contributed by atoms with Gasteiger partial charge >= 0.3 is 5.69 Å². The summed E-state index contributed by atoms with van der Waals surface area (Å²) in [5.41, 5.74) is 1.91. The van der Waals surface area contributed by atoms with Crippen LogP contribution in [-0.4, -0.2) is 34.1 Å². The average Bonchev–Trinajstić information content (AvgIpc) is 2.74. The van der Waals surface area contributed by atoms with Gasteiger partial charge in [-0.05, 0) is 48.2 Å². The number of fused-ring (bicyclic) bond motifs is 1. The molecule has 1 aliphatic heterocycles. The van der Waals surface area contributed by atoms with Crippen LogP contribution in [0.3, 0.4) is 0 Å². The summed E-state index contributed by atoms with van der Waals surface area (Å²) < 4.78 is 1.20. The number of hydrogen-bond donors (Lipinski definition) is 1. The summed E-state index contributed by atoms with van der Waals surface area (Å²) in [6.45, 7) is 2.87. The van der Waals surface area contributed by atoms with Crippen molar-refractivity contribution in [1.29, 1.82) is 0 Å². The predicted molar refractivity (Wildman–Crippen MR) is 124 cm³/mol. The van der Waals surface area contributed by atoms with Crippen molar-refractivity contribution in [3.8, 4) is 0 Å². The molecular formula is C22H20Cl3N3O2. The van der Waals surface area contributed by atoms with Crippen molar-refractivity contribution in [2.75, 3.05) is 19.6 Å². The van der Waals surface area contributed by atoms with E-state index in [9.17, 15) is 9.59 Å². The third-order valence-corrected chi connectivity index (χ3v) is 6.29. The Balaban J connectivity index is 1.42. The average molecular weight is 465 g/mol. The van der Waals surface area contributed by atoms with Crippen molar-refractivity contribution in [3.05, 3.63) is 83.9 Å². The molecule has 1 N–H and O–H groups in total. The van der Waals surface area contributed by atoms with Crippen molar-refractivity contribution >= 4 is 51.3 Å². The Labute approximate surface area is 188 Å². The van der Waals surface area contributed by atoms with Gasteiger partial charge in [-0.3, -0.25) is 14.3 Å². The lowest BCUT2D eigenvalue weighted by atomic mass is 9.99. The van der Waals surface area contributed by atoms with Crippen molar-refractivity contribution in [3.63, 3.8) is 0 Å². The molecule has 0 atom stereocenters. The summed E-state index contributed by atoms with van der Waals surface area (Å²) in [6, 6.07) is 11.0. The molecule has 0 amide bonds. The number of benzene rings is 2. The number of halogens is 3. The summed E-state index contributed by atoms with van der Waals surface area (Å²) >= 11 is 18.2. The Bertz CT molecular complexity index is 1230. The zero-order valence-corrected chi connectivity index (χ0v) is 18.4. The normalized spacial score (nSPS) is 14.8. The van der Waals surface area contributed by atoms with E-state index < -0.39 is 11.2 Å². The summed E-state index contributed by atoms with van der Waals surface area (Å²) in [5, 5.41) is 1.56. The maximum atomic E-state index is 12.8. The van der Waals surface area contributed by atoms with E-state index in [1.165, 1.54) is 15.7 Å². The van der Waals surface area contributed by atoms with E-state index in [0.29, 0.717) is 18.0 Å². The standard InChI is InChI=1S/C22H20Cl3N3O2/c23-16-4-2-14(3-5-16)15-8-12-27(13-9-15)10-1-11-28-21(29)19-17(24)6-7-18(25)20(19)26-22(28)30/h2-8H,1,9-13H2,(H,26,30). The lowest BCUT2D eigenvalue weighted by molar-refractivity contribution is 0.290. The zero-order chi connectivity index (χ0) is 21.3. The molecule has 30 heavy (non-hydrogen) atoms. The molecular weight excluding hydrogens is 445 g/mol. The smallest absolute Gasteiger partial charge is 0.305 e. The van der Waals surface area contributed by atoms with Gasteiger partial charge in [-0.25, -0.2) is 4.79 Å². The monoisotopic (exact) mass is 463 g/mol. The van der Waals surface area contributed by atoms with E-state index in [2.05, 4.69) is 16.0 Å². The first kappa shape index (κ1) is 21.2. The molecule has 0 spiro atoms. The molecule has 3 aromatic rings. The van der Waals surface area contributed by atoms with Crippen LogP contribution < -0.4 is 11.2 Å². The molecule has 2 heterocycles. The molecule has 0 bridgehead atoms. The maximum absolute atomic E-state index is 12.8. The highest BCUT2D eigenvalue weighted by Crippen LogP contribution is 2.25. The van der Waals surface area contributed by atoms with Crippen LogP contribution in [0.15, 0.2) is 52.1 Å². The first-order chi connectivity index (χ1) is 14.4. The van der Waals surface area contributed by atoms with Gasteiger partial charge in [0.05, 0.1) is 20.9 Å². The van der Waals surface area contributed by atoms with Crippen LogP contribution >= 0.6 is 34.8 Å². The highest BCUT2D eigenvalue weighted by Gasteiger charge is 2.15. The van der Waals surface area contributed by atoms with Gasteiger partial charge in [0.15, 0.2) is 0 Å². The van der Waals surface area contributed by atoms with E-state index >= 15 is 0 Å². The molecule has 0 unspecified atom stereocenters. The summed E-state index contributed by atoms with van der Waals surface area (Å²) in [4.78, 5) is 30.2. The van der Waals surface area contributed by atoms with E-state index in [-0.39, 0.29) is 15.9 Å². The highest BCUT2D eigenvalue weighted by atomic mass is 35.5. The van der Waals surface area contributed by atoms with E-state index in [1.54, 1.807) is 12.1 Å². The molecule has 1 aliphatic rings. The summed E-state index contributed by atoms with van der Waals surface area (Å²) in [6.07, 6.45) is 3.85. The molecule has 0 saturated carbocycles. The van der Waals surface area contributed by atoms with Gasteiger partial charge in [-0.2, -0.15) is 0 Å². The second-order valence-corrected chi connectivity index (χ2v) is 8.56. The SMILES string of the molecule is O=c1[nH]c2c(Cl)ccc(Cl)c2c(=O)n1CCCN1CC=C(c2ccc(Cl)cc2)CC1. The van der Waals surface area contributed by atoms with Crippen molar-refractivity contribution < 1.29 is 0 Å². The van der Waals surface area contributed by atoms with Crippen LogP contribution in [-0.2, 0) is 6.54 Å². The first-order valence-corrected chi connectivity index (χ1v) is 10.9. The van der Waals surface area contributed by atoms with Crippen molar-refractivity contribution in [2.45, 2.75) is 19.4 Å². The Kier molecular flexibility index (Phi) is 6.34. The number of aromatic nitrogens is 2. The van der Waals surface area contributed by atoms with Gasteiger partial charge in [0.1, 0.15) is 0 Å². The lowest BCUT2D eigenvalue weighted by Crippen LogP contribution is -2.37. The fraction of sp³-hybridized carbons (Fsp3) is 0.273. The van der Waals surface area contributed by atoms with Crippen LogP contribution in [0.4, 0.5) is 0 Å². The fourth-order valence-corrected chi connectivity index (χ4v) is 4.35. The second kappa shape index (κ2) is 8.98. The topological polar surface area (TPSA) is 58.1 Å². The van der Waals surface area contributed by atoms with Crippen LogP contribution in [0.2, 0.25) is 15.1 Å². The Morgan fingerprint density at radius 1 is 0.933 bits per heavy atom. The summed E-state index contributed by atoms with van der Waals surface area (Å²) in [7, 11) is 0. The van der Waals surface area contributed by atoms with Gasteiger partial charge in [-0.1, -0.05) is 53.0 Å². The van der Waals surface area contributed by atoms with E-state index in [4.69, 9.17) is 34.8 Å². The molecule has 1 aromatic heterocycles. The molecule has 4 rings (SSSR count). The van der Waals surface area contributed by atoms with Gasteiger partial charge in [-0.15, -0.1) is 0 Å². The first-order valence-electron chi connectivity index (χ1n) is 9.72. The molecule has 5 nitrogen and oxygen atoms in total. The van der Waals surface area contributed by atoms with Gasteiger partial charge in [0, 0.05) is 31.2 Å². The molecule has 0 fully saturated rings. The predicted octanol–water partition coefficient (Wildman–Crippen LogP) is 4.83. The molecule has 156 valence electrons. The fourth-order valence-electron chi connectivity index (χ4n) is 3.78. The number of nitrogens with zero attached hydrogens (tertiary/aromatic N) is 2. The Hall–Kier alpha value is -2.05. The third kappa shape index (κ3) is 4.35. The largest absolute Gasteiger partial charge is 0.328 e.